The van der Waals surface area contributed by atoms with Crippen molar-refractivity contribution in [3.05, 3.63) is 57.8 Å². The highest BCUT2D eigenvalue weighted by Crippen LogP contribution is 2.34. The van der Waals surface area contributed by atoms with Crippen LogP contribution in [0.3, 0.4) is 0 Å². The van der Waals surface area contributed by atoms with Crippen molar-refractivity contribution in [1.82, 2.24) is 5.43 Å². The molecule has 0 saturated carbocycles. The molecule has 0 bridgehead atoms. The Morgan fingerprint density at radius 2 is 1.90 bits per heavy atom. The highest BCUT2D eigenvalue weighted by Gasteiger charge is 2.21. The Balaban J connectivity index is 2.54. The fraction of sp³-hybridized carbons (Fsp3) is 0.200. The van der Waals surface area contributed by atoms with Gasteiger partial charge in [0.1, 0.15) is 5.75 Å². The van der Waals surface area contributed by atoms with Crippen LogP contribution in [0.5, 0.6) is 11.5 Å². The minimum absolute atomic E-state index is 0.173. The Labute approximate surface area is 131 Å². The lowest BCUT2D eigenvalue weighted by Gasteiger charge is -2.20. The molecule has 0 aliphatic rings. The van der Waals surface area contributed by atoms with Crippen molar-refractivity contribution in [2.75, 3.05) is 14.2 Å². The minimum atomic E-state index is -0.537. The average molecular weight is 355 g/mol. The van der Waals surface area contributed by atoms with Crippen LogP contribution in [0, 0.1) is 5.82 Å². The summed E-state index contributed by atoms with van der Waals surface area (Å²) in [7, 11) is 3.00. The molecule has 21 heavy (non-hydrogen) atoms. The summed E-state index contributed by atoms with van der Waals surface area (Å²) in [4.78, 5) is 0. The number of methoxy groups -OCH3 is 2. The second kappa shape index (κ2) is 6.89. The van der Waals surface area contributed by atoms with Crippen molar-refractivity contribution < 1.29 is 13.9 Å². The molecule has 0 spiro atoms. The predicted molar refractivity (Wildman–Crippen MR) is 82.8 cm³/mol. The van der Waals surface area contributed by atoms with Gasteiger partial charge >= 0.3 is 0 Å². The van der Waals surface area contributed by atoms with Gasteiger partial charge in [0.25, 0.3) is 0 Å². The predicted octanol–water partition coefficient (Wildman–Crippen LogP) is 3.16. The van der Waals surface area contributed by atoms with E-state index in [4.69, 9.17) is 15.3 Å². The van der Waals surface area contributed by atoms with E-state index in [1.165, 1.54) is 7.11 Å². The SMILES string of the molecule is COc1ccc(Br)c(C(NN)c2cccc(OC)c2F)c1. The van der Waals surface area contributed by atoms with E-state index in [1.54, 1.807) is 31.4 Å². The number of halogens is 2. The van der Waals surface area contributed by atoms with E-state index in [2.05, 4.69) is 21.4 Å². The summed E-state index contributed by atoms with van der Waals surface area (Å²) >= 11 is 3.45. The van der Waals surface area contributed by atoms with Gasteiger partial charge in [-0.05, 0) is 29.8 Å². The van der Waals surface area contributed by atoms with Crippen molar-refractivity contribution in [3.8, 4) is 11.5 Å². The summed E-state index contributed by atoms with van der Waals surface area (Å²) in [6, 6.07) is 9.84. The van der Waals surface area contributed by atoms with Crippen molar-refractivity contribution in [3.63, 3.8) is 0 Å². The number of hydrazine groups is 1. The molecule has 2 aromatic rings. The van der Waals surface area contributed by atoms with Gasteiger partial charge in [-0.1, -0.05) is 28.1 Å². The van der Waals surface area contributed by atoms with Crippen LogP contribution < -0.4 is 20.7 Å². The lowest BCUT2D eigenvalue weighted by Crippen LogP contribution is -2.30. The lowest BCUT2D eigenvalue weighted by molar-refractivity contribution is 0.381. The normalized spacial score (nSPS) is 12.0. The zero-order valence-corrected chi connectivity index (χ0v) is 13.3. The molecule has 1 atom stereocenters. The largest absolute Gasteiger partial charge is 0.497 e. The van der Waals surface area contributed by atoms with Gasteiger partial charge in [-0.15, -0.1) is 0 Å². The van der Waals surface area contributed by atoms with E-state index in [0.717, 1.165) is 10.0 Å². The van der Waals surface area contributed by atoms with Crippen LogP contribution >= 0.6 is 15.9 Å². The van der Waals surface area contributed by atoms with E-state index < -0.39 is 11.9 Å². The van der Waals surface area contributed by atoms with E-state index >= 15 is 0 Å². The van der Waals surface area contributed by atoms with Gasteiger partial charge in [-0.25, -0.2) is 9.82 Å². The molecule has 0 aliphatic carbocycles. The van der Waals surface area contributed by atoms with Crippen molar-refractivity contribution in [2.45, 2.75) is 6.04 Å². The van der Waals surface area contributed by atoms with Crippen molar-refractivity contribution in [2.24, 2.45) is 5.84 Å². The quantitative estimate of drug-likeness (QED) is 0.639. The molecule has 1 unspecified atom stereocenters. The number of nitrogens with one attached hydrogen (secondary N) is 1. The molecule has 2 rings (SSSR count). The zero-order valence-electron chi connectivity index (χ0n) is 11.7. The summed E-state index contributed by atoms with van der Waals surface area (Å²) in [6.07, 6.45) is 0. The Morgan fingerprint density at radius 1 is 1.14 bits per heavy atom. The number of hydrogen-bond donors (Lipinski definition) is 2. The van der Waals surface area contributed by atoms with Gasteiger partial charge < -0.3 is 9.47 Å². The monoisotopic (exact) mass is 354 g/mol. The second-order valence-electron chi connectivity index (χ2n) is 4.35. The van der Waals surface area contributed by atoms with Crippen LogP contribution in [-0.2, 0) is 0 Å². The molecule has 0 radical (unpaired) electrons. The smallest absolute Gasteiger partial charge is 0.170 e. The first kappa shape index (κ1) is 15.8. The molecule has 0 heterocycles. The standard InChI is InChI=1S/C15H16BrFN2O2/c1-20-9-6-7-12(16)11(8-9)15(19-18)10-4-3-5-13(21-2)14(10)17/h3-8,15,19H,18H2,1-2H3. The summed E-state index contributed by atoms with van der Waals surface area (Å²) in [5, 5.41) is 0. The molecular formula is C15H16BrFN2O2. The first-order valence-corrected chi connectivity index (χ1v) is 7.03. The van der Waals surface area contributed by atoms with E-state index in [-0.39, 0.29) is 5.75 Å². The number of rotatable bonds is 5. The third kappa shape index (κ3) is 3.18. The van der Waals surface area contributed by atoms with Crippen molar-refractivity contribution >= 4 is 15.9 Å². The van der Waals surface area contributed by atoms with E-state index in [0.29, 0.717) is 11.3 Å². The van der Waals surface area contributed by atoms with Gasteiger partial charge in [-0.2, -0.15) is 0 Å². The Kier molecular flexibility index (Phi) is 5.17. The Morgan fingerprint density at radius 3 is 2.52 bits per heavy atom. The average Bonchev–Trinajstić information content (AvgIpc) is 2.51. The van der Waals surface area contributed by atoms with Gasteiger partial charge in [0, 0.05) is 10.0 Å². The third-order valence-electron chi connectivity index (χ3n) is 3.20. The summed E-state index contributed by atoms with van der Waals surface area (Å²) < 4.78 is 25.5. The van der Waals surface area contributed by atoms with Crippen LogP contribution in [0.25, 0.3) is 0 Å². The van der Waals surface area contributed by atoms with Crippen LogP contribution in [0.2, 0.25) is 0 Å². The number of hydrogen-bond acceptors (Lipinski definition) is 4. The van der Waals surface area contributed by atoms with Crippen LogP contribution in [-0.4, -0.2) is 14.2 Å². The maximum absolute atomic E-state index is 14.4. The second-order valence-corrected chi connectivity index (χ2v) is 5.20. The van der Waals surface area contributed by atoms with E-state index in [1.807, 2.05) is 12.1 Å². The van der Waals surface area contributed by atoms with Crippen LogP contribution in [0.4, 0.5) is 4.39 Å². The molecule has 4 nitrogen and oxygen atoms in total. The molecule has 0 aliphatic heterocycles. The maximum Gasteiger partial charge on any atom is 0.170 e. The van der Waals surface area contributed by atoms with Crippen LogP contribution in [0.1, 0.15) is 17.2 Å². The molecule has 0 saturated heterocycles. The lowest BCUT2D eigenvalue weighted by atomic mass is 9.98. The molecule has 112 valence electrons. The van der Waals surface area contributed by atoms with Gasteiger partial charge in [-0.3, -0.25) is 5.84 Å². The van der Waals surface area contributed by atoms with Crippen molar-refractivity contribution in [1.29, 1.82) is 0 Å². The molecule has 0 fully saturated rings. The topological polar surface area (TPSA) is 56.5 Å². The first-order valence-electron chi connectivity index (χ1n) is 6.24. The zero-order chi connectivity index (χ0) is 15.4. The fourth-order valence-electron chi connectivity index (χ4n) is 2.13. The maximum atomic E-state index is 14.4. The fourth-order valence-corrected chi connectivity index (χ4v) is 2.60. The highest BCUT2D eigenvalue weighted by molar-refractivity contribution is 9.10. The molecule has 0 amide bonds. The molecule has 0 aromatic heterocycles. The molecule has 6 heteroatoms. The summed E-state index contributed by atoms with van der Waals surface area (Å²) in [5.41, 5.74) is 3.80. The Hall–Kier alpha value is -1.63. The summed E-state index contributed by atoms with van der Waals surface area (Å²) in [6.45, 7) is 0. The van der Waals surface area contributed by atoms with Crippen LogP contribution in [0.15, 0.2) is 40.9 Å². The molecular weight excluding hydrogens is 339 g/mol. The van der Waals surface area contributed by atoms with Gasteiger partial charge in [0.15, 0.2) is 11.6 Å². The molecule has 3 N–H and O–H groups in total. The summed E-state index contributed by atoms with van der Waals surface area (Å²) in [5.74, 6) is 6.03. The molecule has 2 aromatic carbocycles. The Bertz CT molecular complexity index is 635. The number of nitrogens with two attached hydrogens (primary N) is 1. The van der Waals surface area contributed by atoms with E-state index in [9.17, 15) is 4.39 Å². The van der Waals surface area contributed by atoms with Gasteiger partial charge in [0.2, 0.25) is 0 Å². The minimum Gasteiger partial charge on any atom is -0.497 e. The first-order chi connectivity index (χ1) is 10.1. The highest BCUT2D eigenvalue weighted by atomic mass is 79.9. The number of benzene rings is 2. The van der Waals surface area contributed by atoms with Gasteiger partial charge in [0.05, 0.1) is 20.3 Å². The third-order valence-corrected chi connectivity index (χ3v) is 3.93. The number of ether oxygens (including phenoxy) is 2.